The first-order valence-corrected chi connectivity index (χ1v) is 13.7. The fourth-order valence-electron chi connectivity index (χ4n) is 3.60. The van der Waals surface area contributed by atoms with Gasteiger partial charge in [0.1, 0.15) is 23.8 Å². The van der Waals surface area contributed by atoms with Gasteiger partial charge in [0.2, 0.25) is 0 Å². The highest BCUT2D eigenvalue weighted by molar-refractivity contribution is 7.46. The third kappa shape index (κ3) is 7.09. The molecule has 1 aliphatic rings. The van der Waals surface area contributed by atoms with E-state index in [0.717, 1.165) is 23.5 Å². The predicted molar refractivity (Wildman–Crippen MR) is 153 cm³/mol. The van der Waals surface area contributed by atoms with Crippen molar-refractivity contribution in [1.29, 1.82) is 0 Å². The number of phenols is 1. The Bertz CT molecular complexity index is 2090. The van der Waals surface area contributed by atoms with Crippen LogP contribution in [0.1, 0.15) is 54.2 Å². The van der Waals surface area contributed by atoms with Crippen LogP contribution in [-0.4, -0.2) is 58.4 Å². The zero-order chi connectivity index (χ0) is 40.7. The average molecular weight is 598 g/mol. The molecule has 1 saturated heterocycles. The number of aromatic hydroxyl groups is 1. The third-order valence-electron chi connectivity index (χ3n) is 5.37. The van der Waals surface area contributed by atoms with Crippen molar-refractivity contribution in [3.63, 3.8) is 0 Å². The number of benzene rings is 3. The van der Waals surface area contributed by atoms with Crippen LogP contribution in [-0.2, 0) is 9.09 Å². The second-order valence-corrected chi connectivity index (χ2v) is 10.3. The third-order valence-corrected chi connectivity index (χ3v) is 7.01. The summed E-state index contributed by atoms with van der Waals surface area (Å²) in [5, 5.41) is 10.3. The van der Waals surface area contributed by atoms with Crippen molar-refractivity contribution in [1.82, 2.24) is 4.90 Å². The second-order valence-electron chi connectivity index (χ2n) is 8.00. The molecule has 0 radical (unpaired) electrons. The lowest BCUT2D eigenvalue weighted by atomic mass is 9.97. The Morgan fingerprint density at radius 2 is 1.68 bits per heavy atom. The summed E-state index contributed by atoms with van der Waals surface area (Å²) in [4.78, 5) is 31.7. The van der Waals surface area contributed by atoms with Crippen LogP contribution < -0.4 is 9.47 Å². The molecular formula is C29H30NO8PS. The predicted octanol–water partition coefficient (Wildman–Crippen LogP) is 5.82. The Labute approximate surface area is 255 Å². The number of phosphoric ester groups is 1. The number of ketones is 1. The van der Waals surface area contributed by atoms with Crippen LogP contribution >= 0.6 is 19.2 Å². The number of thiophene rings is 1. The van der Waals surface area contributed by atoms with E-state index < -0.39 is 76.2 Å². The molecule has 3 aromatic carbocycles. The molecule has 0 aliphatic carbocycles. The van der Waals surface area contributed by atoms with E-state index in [9.17, 15) is 14.5 Å². The molecule has 5 rings (SSSR count). The summed E-state index contributed by atoms with van der Waals surface area (Å²) in [6.45, 7) is -16.5. The Kier molecular flexibility index (Phi) is 4.90. The SMILES string of the molecule is [2H]C([2H])(Oc1ccc(C(=O)c2c(-c3ccc(O)cc3)sc3cc(OCOP(=O)(O)O)ccc23)cc1)C([2H])([2H])N1C([2H])([2H])C([2H])([2H])C([2H])([2H])C([2H])([2H])C1([2H])[2H]. The monoisotopic (exact) mass is 597 g/mol. The summed E-state index contributed by atoms with van der Waals surface area (Å²) in [7, 11) is -4.81. The summed E-state index contributed by atoms with van der Waals surface area (Å²) in [6, 6.07) is 14.9. The molecule has 0 bridgehead atoms. The standard InChI is InChI=1S/C29H30NO8PS/c31-22-8-4-21(5-9-22)29-27(25-13-12-24(18-26(25)40-29)37-19-38-39(33,34)35)28(32)20-6-10-23(11-7-20)36-17-16-30-14-2-1-3-15-30/h4-13,18,31H,1-3,14-17,19H2,(H2,33,34,35)/i1D2,2D2,3D2,14D2,15D2,16D2,17D2. The zero-order valence-electron chi connectivity index (χ0n) is 34.2. The van der Waals surface area contributed by atoms with Crippen LogP contribution in [0.2, 0.25) is 0 Å². The van der Waals surface area contributed by atoms with E-state index in [2.05, 4.69) is 4.52 Å². The first kappa shape index (κ1) is 15.7. The van der Waals surface area contributed by atoms with Gasteiger partial charge in [-0.15, -0.1) is 11.3 Å². The van der Waals surface area contributed by atoms with E-state index in [1.165, 1.54) is 42.5 Å². The number of carbonyl (C=O) groups excluding carboxylic acids is 1. The molecule has 40 heavy (non-hydrogen) atoms. The van der Waals surface area contributed by atoms with Crippen molar-refractivity contribution in [3.8, 4) is 27.7 Å². The fraction of sp³-hybridized carbons (Fsp3) is 0.276. The molecule has 2 heterocycles. The number of nitrogens with zero attached hydrogens (tertiary/aromatic N) is 1. The molecule has 4 aromatic rings. The Morgan fingerprint density at radius 3 is 2.38 bits per heavy atom. The summed E-state index contributed by atoms with van der Waals surface area (Å²) in [5.41, 5.74) is 0.713. The molecule has 210 valence electrons. The highest BCUT2D eigenvalue weighted by Gasteiger charge is 2.22. The van der Waals surface area contributed by atoms with Crippen LogP contribution in [0.4, 0.5) is 0 Å². The fourth-order valence-corrected chi connectivity index (χ4v) is 5.02. The molecule has 1 fully saturated rings. The average Bonchev–Trinajstić information content (AvgIpc) is 3.42. The van der Waals surface area contributed by atoms with Crippen molar-refractivity contribution in [3.05, 3.63) is 77.9 Å². The van der Waals surface area contributed by atoms with Gasteiger partial charge in [0.05, 0.1) is 2.74 Å². The first-order chi connectivity index (χ1) is 24.5. The lowest BCUT2D eigenvalue weighted by Crippen LogP contribution is -2.33. The highest BCUT2D eigenvalue weighted by atomic mass is 32.1. The highest BCUT2D eigenvalue weighted by Crippen LogP contribution is 2.42. The van der Waals surface area contributed by atoms with Crippen LogP contribution in [0.15, 0.2) is 66.7 Å². The van der Waals surface area contributed by atoms with Gasteiger partial charge in [-0.3, -0.25) is 9.69 Å². The molecule has 0 atom stereocenters. The number of ether oxygens (including phenoxy) is 2. The normalized spacial score (nSPS) is 26.6. The topological polar surface area (TPSA) is 126 Å². The van der Waals surface area contributed by atoms with Crippen molar-refractivity contribution in [2.45, 2.75) is 19.1 Å². The van der Waals surface area contributed by atoms with E-state index in [4.69, 9.17) is 38.5 Å². The quantitative estimate of drug-likeness (QED) is 0.111. The molecule has 0 spiro atoms. The molecule has 0 saturated carbocycles. The maximum absolute atomic E-state index is 14.1. The zero-order valence-corrected chi connectivity index (χ0v) is 22.0. The van der Waals surface area contributed by atoms with Gasteiger partial charge in [-0.25, -0.2) is 9.09 Å². The van der Waals surface area contributed by atoms with Gasteiger partial charge in [0.15, 0.2) is 12.6 Å². The lowest BCUT2D eigenvalue weighted by Gasteiger charge is -2.26. The maximum Gasteiger partial charge on any atom is 0.472 e. The van der Waals surface area contributed by atoms with Gasteiger partial charge in [0.25, 0.3) is 0 Å². The Balaban J connectivity index is 1.48. The van der Waals surface area contributed by atoms with E-state index in [1.54, 1.807) is 12.1 Å². The van der Waals surface area contributed by atoms with Gasteiger partial charge in [-0.2, -0.15) is 0 Å². The van der Waals surface area contributed by atoms with E-state index >= 15 is 0 Å². The Morgan fingerprint density at radius 1 is 0.975 bits per heavy atom. The molecule has 1 aliphatic heterocycles. The molecule has 9 nitrogen and oxygen atoms in total. The minimum absolute atomic E-state index is 0.00772. The minimum atomic E-state index is -4.81. The molecule has 11 heteroatoms. The van der Waals surface area contributed by atoms with Crippen LogP contribution in [0.25, 0.3) is 20.5 Å². The second kappa shape index (κ2) is 12.5. The number of rotatable bonds is 11. The number of piperidine rings is 1. The summed E-state index contributed by atoms with van der Waals surface area (Å²) >= 11 is 1.15. The van der Waals surface area contributed by atoms with Gasteiger partial charge in [-0.05, 0) is 98.0 Å². The van der Waals surface area contributed by atoms with Gasteiger partial charge < -0.3 is 24.4 Å². The number of hydrogen-bond acceptors (Lipinski definition) is 8. The molecule has 0 unspecified atom stereocenters. The van der Waals surface area contributed by atoms with Crippen LogP contribution in [0.3, 0.4) is 0 Å². The number of carbonyl (C=O) groups is 1. The summed E-state index contributed by atoms with van der Waals surface area (Å²) in [5.74, 6) is -0.922. The summed E-state index contributed by atoms with van der Waals surface area (Å²) in [6.07, 6.45) is -11.7. The number of phosphoric acid groups is 1. The molecule has 1 aromatic heterocycles. The van der Waals surface area contributed by atoms with Crippen LogP contribution in [0.5, 0.6) is 17.2 Å². The van der Waals surface area contributed by atoms with Crippen molar-refractivity contribution < 1.29 is 57.4 Å². The minimum Gasteiger partial charge on any atom is -0.508 e. The van der Waals surface area contributed by atoms with Crippen LogP contribution in [0, 0.1) is 0 Å². The van der Waals surface area contributed by atoms with Crippen molar-refractivity contribution in [2.24, 2.45) is 0 Å². The van der Waals surface area contributed by atoms with E-state index in [0.29, 0.717) is 20.5 Å². The molecular weight excluding hydrogens is 553 g/mol. The largest absolute Gasteiger partial charge is 0.508 e. The molecule has 3 N–H and O–H groups in total. The number of phenolic OH excluding ortho intramolecular Hbond substituents is 1. The molecule has 0 amide bonds. The Hall–Kier alpha value is -3.24. The summed E-state index contributed by atoms with van der Waals surface area (Å²) < 4.78 is 141. The van der Waals surface area contributed by atoms with Gasteiger partial charge in [-0.1, -0.05) is 6.37 Å². The van der Waals surface area contributed by atoms with Crippen molar-refractivity contribution >= 4 is 35.0 Å². The number of likely N-dealkylation sites (tertiary alicyclic amines) is 1. The van der Waals surface area contributed by atoms with Crippen molar-refractivity contribution in [2.75, 3.05) is 32.8 Å². The maximum atomic E-state index is 14.1. The smallest absolute Gasteiger partial charge is 0.472 e. The van der Waals surface area contributed by atoms with E-state index in [1.807, 2.05) is 0 Å². The van der Waals surface area contributed by atoms with Gasteiger partial charge in [0, 0.05) is 49.0 Å². The first-order valence-electron chi connectivity index (χ1n) is 18.3. The lowest BCUT2D eigenvalue weighted by molar-refractivity contribution is 0.0829. The number of hydrogen-bond donors (Lipinski definition) is 3. The van der Waals surface area contributed by atoms with Gasteiger partial charge >= 0.3 is 7.82 Å². The van der Waals surface area contributed by atoms with E-state index in [-0.39, 0.29) is 22.6 Å². The number of fused-ring (bicyclic) bond motifs is 1.